The fraction of sp³-hybridized carbons (Fsp3) is 0.818. The number of aliphatic carboxylic acids is 2. The van der Waals surface area contributed by atoms with E-state index in [1.54, 1.807) is 0 Å². The van der Waals surface area contributed by atoms with Crippen molar-refractivity contribution in [2.75, 3.05) is 13.6 Å². The van der Waals surface area contributed by atoms with Gasteiger partial charge in [-0.1, -0.05) is 19.8 Å². The minimum atomic E-state index is -0.900. The largest absolute Gasteiger partial charge is 0.481 e. The summed E-state index contributed by atoms with van der Waals surface area (Å²) in [6.07, 6.45) is 3.47. The Labute approximate surface area is 102 Å². The van der Waals surface area contributed by atoms with Crippen LogP contribution < -0.4 is 11.1 Å². The average molecular weight is 248 g/mol. The molecular weight excluding hydrogens is 224 g/mol. The molecule has 0 fully saturated rings. The summed E-state index contributed by atoms with van der Waals surface area (Å²) in [6, 6.07) is -0.662. The summed E-state index contributed by atoms with van der Waals surface area (Å²) in [6.45, 7) is 2.79. The number of carbonyl (C=O) groups is 2. The molecule has 6 nitrogen and oxygen atoms in total. The lowest BCUT2D eigenvalue weighted by Gasteiger charge is -2.02. The lowest BCUT2D eigenvalue weighted by atomic mass is 10.1. The lowest BCUT2D eigenvalue weighted by Crippen LogP contribution is -2.29. The molecule has 0 rings (SSSR count). The Balaban J connectivity index is 0. The Morgan fingerprint density at radius 1 is 1.29 bits per heavy atom. The van der Waals surface area contributed by atoms with E-state index in [-0.39, 0.29) is 6.42 Å². The molecule has 0 aliphatic carbocycles. The van der Waals surface area contributed by atoms with Gasteiger partial charge >= 0.3 is 11.9 Å². The number of rotatable bonds is 8. The van der Waals surface area contributed by atoms with Crippen LogP contribution in [0, 0.1) is 0 Å². The van der Waals surface area contributed by atoms with Gasteiger partial charge < -0.3 is 21.3 Å². The molecule has 0 bridgehead atoms. The summed E-state index contributed by atoms with van der Waals surface area (Å²) < 4.78 is 0. The van der Waals surface area contributed by atoms with E-state index in [1.807, 2.05) is 14.0 Å². The Hall–Kier alpha value is -1.14. The minimum Gasteiger partial charge on any atom is -0.481 e. The van der Waals surface area contributed by atoms with Crippen molar-refractivity contribution in [2.24, 2.45) is 5.73 Å². The van der Waals surface area contributed by atoms with Crippen LogP contribution in [-0.4, -0.2) is 41.8 Å². The molecule has 0 saturated heterocycles. The van der Waals surface area contributed by atoms with Gasteiger partial charge in [-0.2, -0.15) is 0 Å². The second-order valence-corrected chi connectivity index (χ2v) is 3.69. The van der Waals surface area contributed by atoms with Crippen molar-refractivity contribution < 1.29 is 19.8 Å². The predicted octanol–water partition coefficient (Wildman–Crippen LogP) is 0.659. The van der Waals surface area contributed by atoms with Crippen molar-refractivity contribution in [3.05, 3.63) is 0 Å². The Bertz CT molecular complexity index is 210. The molecule has 0 saturated carbocycles. The third-order valence-corrected chi connectivity index (χ3v) is 2.00. The molecule has 0 heterocycles. The van der Waals surface area contributed by atoms with Crippen molar-refractivity contribution in [1.29, 1.82) is 0 Å². The van der Waals surface area contributed by atoms with E-state index in [0.29, 0.717) is 12.8 Å². The Morgan fingerprint density at radius 2 is 1.88 bits per heavy atom. The molecular formula is C11H24N2O4. The van der Waals surface area contributed by atoms with Crippen molar-refractivity contribution in [2.45, 2.75) is 45.1 Å². The number of carboxylic acid groups (broad SMARTS) is 2. The molecule has 0 unspecified atom stereocenters. The van der Waals surface area contributed by atoms with Gasteiger partial charge in [-0.05, 0) is 26.4 Å². The standard InChI is InChI=1S/C6H13NO2.C5H11NO2/c1-2-3-4-5(7)6(8)9;1-6-4-2-3-5(7)8/h5H,2-4,7H2,1H3,(H,8,9);6H,2-4H2,1H3,(H,7,8)/t5-;/m0./s1. The van der Waals surface area contributed by atoms with Crippen LogP contribution in [0.3, 0.4) is 0 Å². The maximum absolute atomic E-state index is 10.1. The monoisotopic (exact) mass is 248 g/mol. The quantitative estimate of drug-likeness (QED) is 0.469. The third-order valence-electron chi connectivity index (χ3n) is 2.00. The van der Waals surface area contributed by atoms with Gasteiger partial charge in [0, 0.05) is 6.42 Å². The molecule has 6 heteroatoms. The number of nitrogens with one attached hydrogen (secondary N) is 1. The number of hydrogen-bond donors (Lipinski definition) is 4. The topological polar surface area (TPSA) is 113 Å². The van der Waals surface area contributed by atoms with Crippen LogP contribution >= 0.6 is 0 Å². The van der Waals surface area contributed by atoms with E-state index in [4.69, 9.17) is 15.9 Å². The van der Waals surface area contributed by atoms with Gasteiger partial charge in [-0.3, -0.25) is 9.59 Å². The SMILES string of the molecule is CCCC[C@H](N)C(=O)O.CNCCCC(=O)O. The van der Waals surface area contributed by atoms with Gasteiger partial charge in [0.2, 0.25) is 0 Å². The molecule has 0 amide bonds. The normalized spacial score (nSPS) is 11.2. The molecule has 0 aliphatic heterocycles. The molecule has 0 spiro atoms. The van der Waals surface area contributed by atoms with Crippen LogP contribution in [0.25, 0.3) is 0 Å². The Morgan fingerprint density at radius 3 is 2.24 bits per heavy atom. The summed E-state index contributed by atoms with van der Waals surface area (Å²) in [5.74, 6) is -1.62. The summed E-state index contributed by atoms with van der Waals surface area (Å²) in [7, 11) is 1.81. The van der Waals surface area contributed by atoms with Gasteiger partial charge in [0.1, 0.15) is 6.04 Å². The van der Waals surface area contributed by atoms with Crippen LogP contribution in [0.1, 0.15) is 39.0 Å². The molecule has 0 aromatic carbocycles. The van der Waals surface area contributed by atoms with Gasteiger partial charge in [-0.25, -0.2) is 0 Å². The predicted molar refractivity (Wildman–Crippen MR) is 65.9 cm³/mol. The zero-order valence-corrected chi connectivity index (χ0v) is 10.6. The highest BCUT2D eigenvalue weighted by atomic mass is 16.4. The summed E-state index contributed by atoms with van der Waals surface area (Å²) in [4.78, 5) is 19.9. The molecule has 1 atom stereocenters. The van der Waals surface area contributed by atoms with Gasteiger partial charge in [0.05, 0.1) is 0 Å². The summed E-state index contributed by atoms with van der Waals surface area (Å²) in [5.41, 5.74) is 5.20. The van der Waals surface area contributed by atoms with Gasteiger partial charge in [0.15, 0.2) is 0 Å². The van der Waals surface area contributed by atoms with E-state index < -0.39 is 18.0 Å². The Kier molecular flexibility index (Phi) is 13.9. The molecule has 17 heavy (non-hydrogen) atoms. The smallest absolute Gasteiger partial charge is 0.320 e. The first kappa shape index (κ1) is 18.2. The van der Waals surface area contributed by atoms with Crippen LogP contribution in [0.4, 0.5) is 0 Å². The highest BCUT2D eigenvalue weighted by molar-refractivity contribution is 5.72. The number of unbranched alkanes of at least 4 members (excludes halogenated alkanes) is 1. The summed E-state index contributed by atoms with van der Waals surface area (Å²) in [5, 5.41) is 19.3. The molecule has 0 aromatic heterocycles. The first-order valence-corrected chi connectivity index (χ1v) is 5.80. The van der Waals surface area contributed by atoms with Crippen molar-refractivity contribution in [3.8, 4) is 0 Å². The molecule has 0 aromatic rings. The molecule has 102 valence electrons. The maximum Gasteiger partial charge on any atom is 0.320 e. The van der Waals surface area contributed by atoms with Gasteiger partial charge in [0.25, 0.3) is 0 Å². The minimum absolute atomic E-state index is 0.265. The first-order valence-electron chi connectivity index (χ1n) is 5.80. The first-order chi connectivity index (χ1) is 7.95. The third kappa shape index (κ3) is 17.5. The van der Waals surface area contributed by atoms with E-state index in [2.05, 4.69) is 5.32 Å². The van der Waals surface area contributed by atoms with Crippen molar-refractivity contribution in [3.63, 3.8) is 0 Å². The number of nitrogens with two attached hydrogens (primary N) is 1. The number of carboxylic acids is 2. The van der Waals surface area contributed by atoms with E-state index in [9.17, 15) is 9.59 Å². The highest BCUT2D eigenvalue weighted by Gasteiger charge is 2.08. The zero-order chi connectivity index (χ0) is 13.7. The molecule has 0 aliphatic rings. The van der Waals surface area contributed by atoms with Crippen molar-refractivity contribution >= 4 is 11.9 Å². The maximum atomic E-state index is 10.1. The molecule has 5 N–H and O–H groups in total. The second kappa shape index (κ2) is 12.9. The number of hydrogen-bond acceptors (Lipinski definition) is 4. The fourth-order valence-electron chi connectivity index (χ4n) is 0.964. The average Bonchev–Trinajstić information content (AvgIpc) is 2.26. The van der Waals surface area contributed by atoms with Gasteiger partial charge in [-0.15, -0.1) is 0 Å². The highest BCUT2D eigenvalue weighted by Crippen LogP contribution is 1.96. The van der Waals surface area contributed by atoms with Crippen LogP contribution in [0.5, 0.6) is 0 Å². The fourth-order valence-corrected chi connectivity index (χ4v) is 0.964. The van der Waals surface area contributed by atoms with E-state index >= 15 is 0 Å². The molecule has 0 radical (unpaired) electrons. The van der Waals surface area contributed by atoms with Crippen LogP contribution in [-0.2, 0) is 9.59 Å². The lowest BCUT2D eigenvalue weighted by molar-refractivity contribution is -0.139. The van der Waals surface area contributed by atoms with E-state index in [0.717, 1.165) is 19.4 Å². The second-order valence-electron chi connectivity index (χ2n) is 3.69. The zero-order valence-electron chi connectivity index (χ0n) is 10.6. The van der Waals surface area contributed by atoms with Crippen LogP contribution in [0.2, 0.25) is 0 Å². The summed E-state index contributed by atoms with van der Waals surface area (Å²) >= 11 is 0. The van der Waals surface area contributed by atoms with Crippen molar-refractivity contribution in [1.82, 2.24) is 5.32 Å². The van der Waals surface area contributed by atoms with Crippen LogP contribution in [0.15, 0.2) is 0 Å². The van der Waals surface area contributed by atoms with E-state index in [1.165, 1.54) is 0 Å².